The van der Waals surface area contributed by atoms with Crippen LogP contribution in [0.15, 0.2) is 45.4 Å². The fourth-order valence-corrected chi connectivity index (χ4v) is 2.26. The third kappa shape index (κ3) is 2.73. The van der Waals surface area contributed by atoms with Gasteiger partial charge in [-0.15, -0.1) is 0 Å². The number of carboxylic acid groups (broad SMARTS) is 1. The highest BCUT2D eigenvalue weighted by molar-refractivity contribution is 5.84. The second kappa shape index (κ2) is 5.65. The monoisotopic (exact) mass is 300 g/mol. The molecule has 6 heteroatoms. The van der Waals surface area contributed by atoms with E-state index >= 15 is 0 Å². The van der Waals surface area contributed by atoms with Crippen LogP contribution in [0.25, 0.3) is 11.0 Å². The molecular formula is C16H16N2O4. The first-order chi connectivity index (χ1) is 10.5. The smallest absolute Gasteiger partial charge is 0.357 e. The lowest BCUT2D eigenvalue weighted by Crippen LogP contribution is -2.21. The van der Waals surface area contributed by atoms with Gasteiger partial charge < -0.3 is 13.9 Å². The van der Waals surface area contributed by atoms with Crippen molar-refractivity contribution in [3.05, 3.63) is 53.9 Å². The number of carbonyl (C=O) groups is 1. The highest BCUT2D eigenvalue weighted by Gasteiger charge is 2.19. The van der Waals surface area contributed by atoms with E-state index in [1.54, 1.807) is 0 Å². The van der Waals surface area contributed by atoms with Crippen molar-refractivity contribution in [3.8, 4) is 0 Å². The first-order valence-electron chi connectivity index (χ1n) is 6.91. The van der Waals surface area contributed by atoms with E-state index < -0.39 is 5.97 Å². The van der Waals surface area contributed by atoms with Crippen molar-refractivity contribution in [2.45, 2.75) is 19.5 Å². The van der Waals surface area contributed by atoms with Gasteiger partial charge in [0.05, 0.1) is 12.6 Å². The van der Waals surface area contributed by atoms with Crippen molar-refractivity contribution in [1.82, 2.24) is 9.88 Å². The van der Waals surface area contributed by atoms with E-state index in [-0.39, 0.29) is 11.7 Å². The molecule has 0 spiro atoms. The van der Waals surface area contributed by atoms with Gasteiger partial charge in [0.25, 0.3) is 0 Å². The molecule has 0 bridgehead atoms. The molecule has 2 heterocycles. The number of oxazole rings is 1. The van der Waals surface area contributed by atoms with E-state index in [9.17, 15) is 4.79 Å². The molecule has 1 aromatic carbocycles. The molecule has 2 aromatic heterocycles. The highest BCUT2D eigenvalue weighted by Crippen LogP contribution is 2.27. The molecule has 0 aliphatic rings. The number of aromatic nitrogens is 1. The minimum atomic E-state index is -1.09. The van der Waals surface area contributed by atoms with Gasteiger partial charge in [-0.1, -0.05) is 18.2 Å². The average molecular weight is 300 g/mol. The average Bonchev–Trinajstić information content (AvgIpc) is 3.12. The van der Waals surface area contributed by atoms with Crippen molar-refractivity contribution < 1.29 is 18.7 Å². The Balaban J connectivity index is 1.75. The molecule has 1 atom stereocenters. The number of benzene rings is 1. The first kappa shape index (κ1) is 14.3. The Hall–Kier alpha value is -2.60. The number of fused-ring (bicyclic) bond motifs is 1. The van der Waals surface area contributed by atoms with Gasteiger partial charge in [-0.05, 0) is 26.1 Å². The number of aromatic carboxylic acids is 1. The summed E-state index contributed by atoms with van der Waals surface area (Å²) in [7, 11) is 1.91. The van der Waals surface area contributed by atoms with Gasteiger partial charge in [0.1, 0.15) is 17.6 Å². The highest BCUT2D eigenvalue weighted by atomic mass is 16.4. The Morgan fingerprint density at radius 1 is 1.41 bits per heavy atom. The van der Waals surface area contributed by atoms with Crippen molar-refractivity contribution >= 4 is 16.9 Å². The van der Waals surface area contributed by atoms with Gasteiger partial charge in [-0.2, -0.15) is 0 Å². The lowest BCUT2D eigenvalue weighted by molar-refractivity contribution is 0.0690. The number of hydrogen-bond acceptors (Lipinski definition) is 5. The third-order valence-electron chi connectivity index (χ3n) is 3.67. The van der Waals surface area contributed by atoms with Crippen LogP contribution < -0.4 is 0 Å². The molecule has 1 N–H and O–H groups in total. The number of hydrogen-bond donors (Lipinski definition) is 1. The molecule has 0 amide bonds. The maximum atomic E-state index is 10.8. The number of furan rings is 1. The Kier molecular flexibility index (Phi) is 3.68. The van der Waals surface area contributed by atoms with Crippen LogP contribution in [0.3, 0.4) is 0 Å². The summed E-state index contributed by atoms with van der Waals surface area (Å²) in [6.07, 6.45) is 1.15. The predicted octanol–water partition coefficient (Wildman–Crippen LogP) is 3.31. The summed E-state index contributed by atoms with van der Waals surface area (Å²) in [6, 6.07) is 9.85. The summed E-state index contributed by atoms with van der Waals surface area (Å²) < 4.78 is 11.0. The van der Waals surface area contributed by atoms with E-state index in [4.69, 9.17) is 13.9 Å². The van der Waals surface area contributed by atoms with Crippen LogP contribution >= 0.6 is 0 Å². The molecule has 0 aliphatic heterocycles. The normalized spacial score (nSPS) is 12.9. The first-order valence-corrected chi connectivity index (χ1v) is 6.91. The number of para-hydroxylation sites is 1. The summed E-state index contributed by atoms with van der Waals surface area (Å²) in [6.45, 7) is 2.41. The Morgan fingerprint density at radius 2 is 2.18 bits per heavy atom. The molecule has 1 unspecified atom stereocenters. The van der Waals surface area contributed by atoms with Crippen LogP contribution in [-0.2, 0) is 6.54 Å². The zero-order valence-electron chi connectivity index (χ0n) is 12.3. The zero-order valence-corrected chi connectivity index (χ0v) is 12.3. The molecule has 0 aliphatic carbocycles. The molecule has 22 heavy (non-hydrogen) atoms. The summed E-state index contributed by atoms with van der Waals surface area (Å²) in [5, 5.41) is 9.91. The minimum Gasteiger partial charge on any atom is -0.476 e. The molecule has 3 aromatic rings. The lowest BCUT2D eigenvalue weighted by Gasteiger charge is -2.21. The topological polar surface area (TPSA) is 79.7 Å². The van der Waals surface area contributed by atoms with Gasteiger partial charge in [0.15, 0.2) is 5.69 Å². The van der Waals surface area contributed by atoms with E-state index in [0.29, 0.717) is 12.4 Å². The number of carboxylic acids is 1. The standard InChI is InChI=1S/C16H16N2O4/c1-10(14-7-11-5-3-4-6-13(11)22-14)18(2)8-15-17-12(9-21-15)16(19)20/h3-7,9-10H,8H2,1-2H3,(H,19,20). The summed E-state index contributed by atoms with van der Waals surface area (Å²) >= 11 is 0. The summed E-state index contributed by atoms with van der Waals surface area (Å²) in [4.78, 5) is 16.7. The van der Waals surface area contributed by atoms with E-state index in [1.165, 1.54) is 0 Å². The van der Waals surface area contributed by atoms with Crippen LogP contribution in [0.2, 0.25) is 0 Å². The fraction of sp³-hybridized carbons (Fsp3) is 0.250. The molecule has 0 radical (unpaired) electrons. The molecular weight excluding hydrogens is 284 g/mol. The third-order valence-corrected chi connectivity index (χ3v) is 3.67. The zero-order chi connectivity index (χ0) is 15.7. The molecule has 3 rings (SSSR count). The Labute approximate surface area is 127 Å². The van der Waals surface area contributed by atoms with Crippen molar-refractivity contribution in [2.24, 2.45) is 0 Å². The molecule has 0 saturated heterocycles. The summed E-state index contributed by atoms with van der Waals surface area (Å²) in [5.74, 6) is 0.111. The van der Waals surface area contributed by atoms with Gasteiger partial charge in [0.2, 0.25) is 5.89 Å². The minimum absolute atomic E-state index is 0.00702. The quantitative estimate of drug-likeness (QED) is 0.778. The lowest BCUT2D eigenvalue weighted by atomic mass is 10.2. The van der Waals surface area contributed by atoms with Gasteiger partial charge in [0, 0.05) is 5.39 Å². The van der Waals surface area contributed by atoms with E-state index in [0.717, 1.165) is 23.0 Å². The fourth-order valence-electron chi connectivity index (χ4n) is 2.26. The van der Waals surface area contributed by atoms with Gasteiger partial charge in [-0.3, -0.25) is 4.90 Å². The van der Waals surface area contributed by atoms with Crippen molar-refractivity contribution in [2.75, 3.05) is 7.05 Å². The van der Waals surface area contributed by atoms with Crippen molar-refractivity contribution in [1.29, 1.82) is 0 Å². The second-order valence-electron chi connectivity index (χ2n) is 5.21. The summed E-state index contributed by atoms with van der Waals surface area (Å²) in [5.41, 5.74) is 0.766. The van der Waals surface area contributed by atoms with Crippen molar-refractivity contribution in [3.63, 3.8) is 0 Å². The number of rotatable bonds is 5. The van der Waals surface area contributed by atoms with Crippen LogP contribution in [0.1, 0.15) is 35.1 Å². The molecule has 0 fully saturated rings. The molecule has 0 saturated carbocycles. The number of nitrogens with zero attached hydrogens (tertiary/aromatic N) is 2. The van der Waals surface area contributed by atoms with Crippen LogP contribution in [0, 0.1) is 0 Å². The Bertz CT molecular complexity index is 772. The van der Waals surface area contributed by atoms with Crippen LogP contribution in [-0.4, -0.2) is 28.0 Å². The van der Waals surface area contributed by atoms with Crippen LogP contribution in [0.4, 0.5) is 0 Å². The molecule has 114 valence electrons. The largest absolute Gasteiger partial charge is 0.476 e. The Morgan fingerprint density at radius 3 is 2.86 bits per heavy atom. The SMILES string of the molecule is CC(c1cc2ccccc2o1)N(C)Cc1nc(C(=O)O)co1. The maximum absolute atomic E-state index is 10.8. The van der Waals surface area contributed by atoms with E-state index in [1.807, 2.05) is 49.2 Å². The molecule has 6 nitrogen and oxygen atoms in total. The van der Waals surface area contributed by atoms with E-state index in [2.05, 4.69) is 4.98 Å². The second-order valence-corrected chi connectivity index (χ2v) is 5.21. The van der Waals surface area contributed by atoms with Gasteiger partial charge in [-0.25, -0.2) is 9.78 Å². The van der Waals surface area contributed by atoms with Gasteiger partial charge >= 0.3 is 5.97 Å². The maximum Gasteiger partial charge on any atom is 0.357 e. The van der Waals surface area contributed by atoms with Crippen LogP contribution in [0.5, 0.6) is 0 Å². The predicted molar refractivity (Wildman–Crippen MR) is 79.6 cm³/mol.